The van der Waals surface area contributed by atoms with Crippen LogP contribution in [0.2, 0.25) is 25.1 Å². The van der Waals surface area contributed by atoms with E-state index in [0.29, 0.717) is 37.1 Å². The second-order valence-corrected chi connectivity index (χ2v) is 7.83. The van der Waals surface area contributed by atoms with Crippen LogP contribution in [0.25, 0.3) is 11.3 Å². The summed E-state index contributed by atoms with van der Waals surface area (Å²) in [5.74, 6) is -0.127. The quantitative estimate of drug-likeness (QED) is 0.295. The summed E-state index contributed by atoms with van der Waals surface area (Å²) in [5.41, 5.74) is 0.962. The molecular weight excluding hydrogens is 486 g/mol. The molecule has 0 bridgehead atoms. The molecule has 2 aromatic carbocycles. The second kappa shape index (κ2) is 8.91. The zero-order chi connectivity index (χ0) is 20.4. The zero-order valence-corrected chi connectivity index (χ0v) is 18.3. The first-order valence-electron chi connectivity index (χ1n) is 7.57. The molecule has 0 saturated carbocycles. The van der Waals surface area contributed by atoms with Crippen molar-refractivity contribution >= 4 is 86.9 Å². The zero-order valence-electron chi connectivity index (χ0n) is 13.7. The Labute approximate surface area is 190 Å². The molecule has 144 valence electrons. The molecule has 2 N–H and O–H groups in total. The Morgan fingerprint density at radius 2 is 1.61 bits per heavy atom. The summed E-state index contributed by atoms with van der Waals surface area (Å²) in [6.07, 6.45) is 0. The lowest BCUT2D eigenvalue weighted by atomic mass is 10.2. The van der Waals surface area contributed by atoms with Gasteiger partial charge in [-0.1, -0.05) is 64.1 Å². The van der Waals surface area contributed by atoms with Gasteiger partial charge in [0.05, 0.1) is 30.8 Å². The van der Waals surface area contributed by atoms with Crippen LogP contribution in [0.4, 0.5) is 5.69 Å². The van der Waals surface area contributed by atoms with E-state index in [1.54, 1.807) is 24.3 Å². The van der Waals surface area contributed by atoms with Gasteiger partial charge in [-0.15, -0.1) is 0 Å². The van der Waals surface area contributed by atoms with Crippen molar-refractivity contribution in [2.75, 3.05) is 5.32 Å². The summed E-state index contributed by atoms with van der Waals surface area (Å²) in [6.45, 7) is 0. The molecule has 0 fully saturated rings. The Kier molecular flexibility index (Phi) is 6.76. The van der Waals surface area contributed by atoms with Crippen molar-refractivity contribution in [3.8, 4) is 11.3 Å². The Hall–Kier alpha value is -1.47. The molecule has 0 radical (unpaired) electrons. The Morgan fingerprint density at radius 1 is 0.893 bits per heavy atom. The minimum Gasteiger partial charge on any atom is -0.451 e. The highest BCUT2D eigenvalue weighted by molar-refractivity contribution is 7.80. The normalized spacial score (nSPS) is 10.6. The fraction of sp³-hybridized carbons (Fsp3) is 0. The van der Waals surface area contributed by atoms with Crippen LogP contribution in [0, 0.1) is 0 Å². The van der Waals surface area contributed by atoms with Crippen molar-refractivity contribution in [3.63, 3.8) is 0 Å². The summed E-state index contributed by atoms with van der Waals surface area (Å²) in [5, 5.41) is 6.87. The van der Waals surface area contributed by atoms with Crippen LogP contribution in [-0.4, -0.2) is 11.0 Å². The number of hydrogen-bond donors (Lipinski definition) is 2. The molecule has 10 heteroatoms. The number of nitrogens with one attached hydrogen (secondary N) is 2. The highest BCUT2D eigenvalue weighted by atomic mass is 35.5. The van der Waals surface area contributed by atoms with Crippen LogP contribution in [0.15, 0.2) is 46.9 Å². The third-order valence-corrected chi connectivity index (χ3v) is 5.59. The number of rotatable bonds is 3. The number of carbonyl (C=O) groups excluding carboxylic acids is 1. The molecule has 0 aliphatic rings. The van der Waals surface area contributed by atoms with Crippen LogP contribution in [0.5, 0.6) is 0 Å². The average Bonchev–Trinajstić information content (AvgIpc) is 3.12. The fourth-order valence-electron chi connectivity index (χ4n) is 2.24. The second-order valence-electron chi connectivity index (χ2n) is 5.42. The number of benzene rings is 2. The average molecular weight is 495 g/mol. The lowest BCUT2D eigenvalue weighted by molar-refractivity contribution is 0.0951. The van der Waals surface area contributed by atoms with Gasteiger partial charge < -0.3 is 9.73 Å². The molecular formula is C18H9Cl5N2O2S. The van der Waals surface area contributed by atoms with Crippen LogP contribution >= 0.6 is 70.2 Å². The molecule has 0 aliphatic carbocycles. The van der Waals surface area contributed by atoms with Gasteiger partial charge in [0.2, 0.25) is 0 Å². The van der Waals surface area contributed by atoms with Gasteiger partial charge in [-0.2, -0.15) is 0 Å². The molecule has 1 aromatic heterocycles. The molecule has 0 aliphatic heterocycles. The Bertz CT molecular complexity index is 1080. The van der Waals surface area contributed by atoms with Gasteiger partial charge in [-0.25, -0.2) is 0 Å². The van der Waals surface area contributed by atoms with Gasteiger partial charge in [0.1, 0.15) is 5.76 Å². The van der Waals surface area contributed by atoms with E-state index in [-0.39, 0.29) is 15.9 Å². The number of halogens is 5. The van der Waals surface area contributed by atoms with Crippen molar-refractivity contribution < 1.29 is 9.21 Å². The van der Waals surface area contributed by atoms with Crippen molar-refractivity contribution in [1.29, 1.82) is 0 Å². The lowest BCUT2D eigenvalue weighted by Gasteiger charge is -2.11. The van der Waals surface area contributed by atoms with Gasteiger partial charge in [0, 0.05) is 5.56 Å². The van der Waals surface area contributed by atoms with E-state index in [2.05, 4.69) is 10.6 Å². The summed E-state index contributed by atoms with van der Waals surface area (Å²) in [7, 11) is 0. The van der Waals surface area contributed by atoms with Crippen molar-refractivity contribution in [2.24, 2.45) is 0 Å². The van der Waals surface area contributed by atoms with E-state index in [9.17, 15) is 4.79 Å². The number of carbonyl (C=O) groups is 1. The topological polar surface area (TPSA) is 54.3 Å². The molecule has 0 spiro atoms. The number of anilines is 1. The SMILES string of the molecule is O=C(NC(=S)Nc1cc(Cl)c(Cl)cc1Cl)c1ccc(-c2cccc(Cl)c2Cl)o1. The first-order chi connectivity index (χ1) is 13.3. The number of thiocarbonyl (C=S) groups is 1. The largest absolute Gasteiger partial charge is 0.451 e. The van der Waals surface area contributed by atoms with Crippen molar-refractivity contribution in [1.82, 2.24) is 5.32 Å². The van der Waals surface area contributed by atoms with Crippen molar-refractivity contribution in [3.05, 3.63) is 73.3 Å². The van der Waals surface area contributed by atoms with Crippen LogP contribution in [-0.2, 0) is 0 Å². The summed E-state index contributed by atoms with van der Waals surface area (Å²) in [4.78, 5) is 12.4. The van der Waals surface area contributed by atoms with Gasteiger partial charge >= 0.3 is 0 Å². The minimum absolute atomic E-state index is 0.00373. The number of hydrogen-bond acceptors (Lipinski definition) is 3. The Balaban J connectivity index is 1.72. The minimum atomic E-state index is -0.557. The maximum Gasteiger partial charge on any atom is 0.293 e. The monoisotopic (exact) mass is 492 g/mol. The van der Waals surface area contributed by atoms with E-state index >= 15 is 0 Å². The summed E-state index contributed by atoms with van der Waals surface area (Å²) in [6, 6.07) is 11.2. The fourth-order valence-corrected chi connectivity index (χ4v) is 3.43. The van der Waals surface area contributed by atoms with E-state index in [1.807, 2.05) is 0 Å². The first kappa shape index (κ1) is 21.2. The lowest BCUT2D eigenvalue weighted by Crippen LogP contribution is -2.34. The summed E-state index contributed by atoms with van der Waals surface area (Å²) < 4.78 is 5.57. The molecule has 3 aromatic rings. The molecule has 1 heterocycles. The van der Waals surface area contributed by atoms with Gasteiger partial charge in [-0.3, -0.25) is 10.1 Å². The first-order valence-corrected chi connectivity index (χ1v) is 9.87. The molecule has 1 amide bonds. The highest BCUT2D eigenvalue weighted by Gasteiger charge is 2.16. The highest BCUT2D eigenvalue weighted by Crippen LogP contribution is 2.34. The molecule has 28 heavy (non-hydrogen) atoms. The summed E-state index contributed by atoms with van der Waals surface area (Å²) >= 11 is 35.2. The van der Waals surface area contributed by atoms with Crippen LogP contribution in [0.1, 0.15) is 10.6 Å². The van der Waals surface area contributed by atoms with E-state index in [0.717, 1.165) is 0 Å². The van der Waals surface area contributed by atoms with Crippen LogP contribution in [0.3, 0.4) is 0 Å². The standard InChI is InChI=1S/C18H9Cl5N2O2S/c19-9-3-1-2-8(16(9)23)14-4-5-15(27-14)17(26)25-18(28)24-13-7-11(21)10(20)6-12(13)22/h1-7H,(H2,24,25,26,28). The van der Waals surface area contributed by atoms with Gasteiger partial charge in [0.25, 0.3) is 5.91 Å². The third kappa shape index (κ3) is 4.74. The predicted octanol–water partition coefficient (Wildman–Crippen LogP) is 7.34. The predicted molar refractivity (Wildman–Crippen MR) is 119 cm³/mol. The van der Waals surface area contributed by atoms with E-state index < -0.39 is 5.91 Å². The molecule has 0 unspecified atom stereocenters. The molecule has 3 rings (SSSR count). The molecule has 0 atom stereocenters. The molecule has 4 nitrogen and oxygen atoms in total. The third-order valence-electron chi connectivity index (χ3n) is 3.53. The number of furan rings is 1. The van der Waals surface area contributed by atoms with Crippen molar-refractivity contribution in [2.45, 2.75) is 0 Å². The maximum absolute atomic E-state index is 12.4. The Morgan fingerprint density at radius 3 is 2.36 bits per heavy atom. The smallest absolute Gasteiger partial charge is 0.293 e. The van der Waals surface area contributed by atoms with Crippen LogP contribution < -0.4 is 10.6 Å². The van der Waals surface area contributed by atoms with E-state index in [1.165, 1.54) is 18.2 Å². The van der Waals surface area contributed by atoms with Gasteiger partial charge in [-0.05, 0) is 48.6 Å². The van der Waals surface area contributed by atoms with Gasteiger partial charge in [0.15, 0.2) is 10.9 Å². The van der Waals surface area contributed by atoms with E-state index in [4.69, 9.17) is 74.6 Å². The number of amides is 1. The molecule has 0 saturated heterocycles. The maximum atomic E-state index is 12.4.